The van der Waals surface area contributed by atoms with Crippen LogP contribution in [0.15, 0.2) is 84.0 Å². The highest BCUT2D eigenvalue weighted by atomic mass is 16.6. The van der Waals surface area contributed by atoms with Crippen molar-refractivity contribution in [3.8, 4) is 34.0 Å². The molecule has 1 heterocycles. The smallest absolute Gasteiger partial charge is 0.315 e. The second-order valence-corrected chi connectivity index (χ2v) is 6.91. The Morgan fingerprint density at radius 2 is 1.55 bits per heavy atom. The van der Waals surface area contributed by atoms with Crippen LogP contribution in [0.2, 0.25) is 0 Å². The number of nitrogens with zero attached hydrogens (tertiary/aromatic N) is 4. The number of nitro benzene ring substituents is 1. The molecule has 9 heteroatoms. The molecule has 0 atom stereocenters. The Balaban J connectivity index is 1.69. The average Bonchev–Trinajstić information content (AvgIpc) is 2.85. The standard InChI is InChI=1S/C24H19N5O4/c1-33-19-12-18(23(30)22(13-19)29(31)32)15-25-28-24-26-20(16-8-4-2-5-9-16)14-21(27-24)17-10-6-3-7-11-17/h2-15,30H,1H3,(H,26,27,28). The fraction of sp³-hybridized carbons (Fsp3) is 0.0417. The third kappa shape index (κ3) is 4.93. The zero-order chi connectivity index (χ0) is 23.2. The second-order valence-electron chi connectivity index (χ2n) is 6.91. The van der Waals surface area contributed by atoms with Gasteiger partial charge in [0.05, 0.1) is 35.7 Å². The molecule has 3 aromatic carbocycles. The van der Waals surface area contributed by atoms with E-state index in [1.54, 1.807) is 0 Å². The summed E-state index contributed by atoms with van der Waals surface area (Å²) in [5.74, 6) is -0.0757. The molecule has 0 radical (unpaired) electrons. The van der Waals surface area contributed by atoms with Crippen molar-refractivity contribution in [3.05, 3.63) is 94.5 Å². The lowest BCUT2D eigenvalue weighted by molar-refractivity contribution is -0.385. The number of rotatable bonds is 7. The van der Waals surface area contributed by atoms with Crippen molar-refractivity contribution in [1.82, 2.24) is 9.97 Å². The number of hydrazone groups is 1. The van der Waals surface area contributed by atoms with Gasteiger partial charge in [0.2, 0.25) is 11.7 Å². The van der Waals surface area contributed by atoms with Crippen molar-refractivity contribution in [2.24, 2.45) is 5.10 Å². The second kappa shape index (κ2) is 9.56. The lowest BCUT2D eigenvalue weighted by Crippen LogP contribution is -2.01. The number of aromatic nitrogens is 2. The number of phenols is 1. The first-order chi connectivity index (χ1) is 16.0. The van der Waals surface area contributed by atoms with Crippen LogP contribution in [0.5, 0.6) is 11.5 Å². The number of nitro groups is 1. The van der Waals surface area contributed by atoms with E-state index in [1.807, 2.05) is 66.7 Å². The molecular formula is C24H19N5O4. The Bertz CT molecular complexity index is 1250. The number of hydrogen-bond donors (Lipinski definition) is 2. The number of nitrogens with one attached hydrogen (secondary N) is 1. The molecule has 0 aliphatic rings. The van der Waals surface area contributed by atoms with E-state index in [4.69, 9.17) is 4.74 Å². The molecule has 0 aliphatic heterocycles. The predicted octanol–water partition coefficient (Wildman–Crippen LogP) is 4.88. The van der Waals surface area contributed by atoms with Gasteiger partial charge >= 0.3 is 5.69 Å². The van der Waals surface area contributed by atoms with Crippen LogP contribution in [0.1, 0.15) is 5.56 Å². The van der Waals surface area contributed by atoms with Crippen LogP contribution in [0, 0.1) is 10.1 Å². The Labute approximate surface area is 189 Å². The van der Waals surface area contributed by atoms with E-state index in [1.165, 1.54) is 19.4 Å². The highest BCUT2D eigenvalue weighted by Crippen LogP contribution is 2.33. The first-order valence-electron chi connectivity index (χ1n) is 9.89. The summed E-state index contributed by atoms with van der Waals surface area (Å²) in [4.78, 5) is 19.6. The maximum Gasteiger partial charge on any atom is 0.315 e. The zero-order valence-electron chi connectivity index (χ0n) is 17.5. The Morgan fingerprint density at radius 1 is 0.970 bits per heavy atom. The van der Waals surface area contributed by atoms with Crippen LogP contribution in [-0.4, -0.2) is 33.3 Å². The largest absolute Gasteiger partial charge is 0.502 e. The van der Waals surface area contributed by atoms with Crippen LogP contribution in [0.4, 0.5) is 11.6 Å². The molecular weight excluding hydrogens is 422 g/mol. The van der Waals surface area contributed by atoms with Gasteiger partial charge in [-0.2, -0.15) is 5.10 Å². The molecule has 33 heavy (non-hydrogen) atoms. The van der Waals surface area contributed by atoms with Crippen LogP contribution in [0.3, 0.4) is 0 Å². The average molecular weight is 441 g/mol. The van der Waals surface area contributed by atoms with Gasteiger partial charge < -0.3 is 9.84 Å². The van der Waals surface area contributed by atoms with Gasteiger partial charge in [0.1, 0.15) is 5.75 Å². The molecule has 0 saturated heterocycles. The molecule has 0 fully saturated rings. The van der Waals surface area contributed by atoms with Gasteiger partial charge in [-0.3, -0.25) is 10.1 Å². The summed E-state index contributed by atoms with van der Waals surface area (Å²) in [5.41, 5.74) is 5.59. The number of methoxy groups -OCH3 is 1. The first kappa shape index (κ1) is 21.4. The van der Waals surface area contributed by atoms with Crippen LogP contribution in [0.25, 0.3) is 22.5 Å². The molecule has 9 nitrogen and oxygen atoms in total. The summed E-state index contributed by atoms with van der Waals surface area (Å²) in [7, 11) is 1.38. The minimum atomic E-state index is -0.693. The van der Waals surface area contributed by atoms with E-state index >= 15 is 0 Å². The number of anilines is 1. The van der Waals surface area contributed by atoms with Gasteiger partial charge in [-0.1, -0.05) is 60.7 Å². The molecule has 164 valence electrons. The van der Waals surface area contributed by atoms with Gasteiger partial charge in [0.25, 0.3) is 0 Å². The summed E-state index contributed by atoms with van der Waals surface area (Å²) in [5, 5.41) is 25.5. The lowest BCUT2D eigenvalue weighted by Gasteiger charge is -2.08. The number of hydrogen-bond acceptors (Lipinski definition) is 8. The maximum atomic E-state index is 11.2. The van der Waals surface area contributed by atoms with Crippen molar-refractivity contribution >= 4 is 17.9 Å². The van der Waals surface area contributed by atoms with Crippen molar-refractivity contribution in [1.29, 1.82) is 0 Å². The summed E-state index contributed by atoms with van der Waals surface area (Å²) < 4.78 is 5.07. The maximum absolute atomic E-state index is 11.2. The van der Waals surface area contributed by atoms with Crippen LogP contribution < -0.4 is 10.2 Å². The van der Waals surface area contributed by atoms with E-state index < -0.39 is 16.4 Å². The third-order valence-corrected chi connectivity index (χ3v) is 4.76. The summed E-state index contributed by atoms with van der Waals surface area (Å²) in [6.07, 6.45) is 1.24. The fourth-order valence-corrected chi connectivity index (χ4v) is 3.14. The molecule has 0 amide bonds. The van der Waals surface area contributed by atoms with Crippen molar-refractivity contribution in [3.63, 3.8) is 0 Å². The molecule has 1 aromatic heterocycles. The zero-order valence-corrected chi connectivity index (χ0v) is 17.5. The van der Waals surface area contributed by atoms with E-state index in [0.717, 1.165) is 17.2 Å². The topological polar surface area (TPSA) is 123 Å². The SMILES string of the molecule is COc1cc(C=NNc2nc(-c3ccccc3)cc(-c3ccccc3)n2)c(O)c([N+](=O)[O-])c1. The predicted molar refractivity (Wildman–Crippen MR) is 125 cm³/mol. The molecule has 0 bridgehead atoms. The lowest BCUT2D eigenvalue weighted by atomic mass is 10.1. The van der Waals surface area contributed by atoms with Crippen LogP contribution >= 0.6 is 0 Å². The Morgan fingerprint density at radius 3 is 2.06 bits per heavy atom. The Hall–Kier alpha value is -4.79. The first-order valence-corrected chi connectivity index (χ1v) is 9.89. The monoisotopic (exact) mass is 441 g/mol. The molecule has 4 aromatic rings. The molecule has 0 saturated carbocycles. The van der Waals surface area contributed by atoms with Crippen molar-refractivity contribution in [2.45, 2.75) is 0 Å². The molecule has 0 spiro atoms. The van der Waals surface area contributed by atoms with Gasteiger partial charge in [0.15, 0.2) is 0 Å². The molecule has 4 rings (SSSR count). The van der Waals surface area contributed by atoms with E-state index in [0.29, 0.717) is 11.4 Å². The van der Waals surface area contributed by atoms with Gasteiger partial charge in [-0.15, -0.1) is 0 Å². The van der Waals surface area contributed by atoms with Gasteiger partial charge in [-0.05, 0) is 12.1 Å². The van der Waals surface area contributed by atoms with Crippen LogP contribution in [-0.2, 0) is 0 Å². The van der Waals surface area contributed by atoms with Gasteiger partial charge in [-0.25, -0.2) is 15.4 Å². The molecule has 2 N–H and O–H groups in total. The van der Waals surface area contributed by atoms with Crippen molar-refractivity contribution in [2.75, 3.05) is 12.5 Å². The molecule has 0 aliphatic carbocycles. The summed E-state index contributed by atoms with van der Waals surface area (Å²) in [6, 6.07) is 23.8. The van der Waals surface area contributed by atoms with E-state index in [2.05, 4.69) is 20.5 Å². The fourth-order valence-electron chi connectivity index (χ4n) is 3.14. The number of phenolic OH excluding ortho intramolecular Hbond substituents is 1. The summed E-state index contributed by atoms with van der Waals surface area (Å²) in [6.45, 7) is 0. The highest BCUT2D eigenvalue weighted by Gasteiger charge is 2.18. The highest BCUT2D eigenvalue weighted by molar-refractivity contribution is 5.87. The molecule has 0 unspecified atom stereocenters. The van der Waals surface area contributed by atoms with Gasteiger partial charge in [0, 0.05) is 16.7 Å². The van der Waals surface area contributed by atoms with E-state index in [-0.39, 0.29) is 17.3 Å². The minimum absolute atomic E-state index is 0.107. The van der Waals surface area contributed by atoms with E-state index in [9.17, 15) is 15.2 Å². The normalized spacial score (nSPS) is 10.8. The quantitative estimate of drug-likeness (QED) is 0.238. The van der Waals surface area contributed by atoms with Crippen molar-refractivity contribution < 1.29 is 14.8 Å². The number of benzene rings is 3. The minimum Gasteiger partial charge on any atom is -0.502 e. The Kier molecular flexibility index (Phi) is 6.21. The number of ether oxygens (including phenoxy) is 1. The summed E-state index contributed by atoms with van der Waals surface area (Å²) >= 11 is 0. The number of aromatic hydroxyl groups is 1. The third-order valence-electron chi connectivity index (χ3n) is 4.76.